The number of carbonyl (C=O) groups excluding carboxylic acids is 5. The first-order valence-electron chi connectivity index (χ1n) is 18.7. The number of alkyl carbamates (subject to hydrolysis) is 1. The molecule has 0 aromatic heterocycles. The van der Waals surface area contributed by atoms with Crippen molar-refractivity contribution in [2.45, 2.75) is 129 Å². The summed E-state index contributed by atoms with van der Waals surface area (Å²) in [4.78, 5) is 64.3. The number of ketones is 1. The highest BCUT2D eigenvalue weighted by molar-refractivity contribution is 6.12. The molecule has 14 heteroatoms. The number of Topliss-reactive ketones (excluding diaryl/α,β-unsaturated/α-hetero) is 1. The fourth-order valence-corrected chi connectivity index (χ4v) is 6.87. The van der Waals surface area contributed by atoms with Crippen molar-refractivity contribution < 1.29 is 47.0 Å². The third-order valence-corrected chi connectivity index (χ3v) is 9.81. The number of ether oxygens (including phenoxy) is 1. The number of alkyl halides is 3. The SMILES string of the molecule is CC(C)[C@H](N[C@H](CCCCCN1C(=O)C=CC1=O)C(F)(F)F)C(=O)C[C@@H](CC1CCC(CNC(=O)OC(C)(C)C)CC1)C(=O)Nc1ccc(CO)cc1. The number of halogens is 3. The van der Waals surface area contributed by atoms with E-state index in [1.54, 1.807) is 58.9 Å². The minimum atomic E-state index is -4.63. The third-order valence-electron chi connectivity index (χ3n) is 9.81. The molecule has 1 saturated carbocycles. The van der Waals surface area contributed by atoms with Crippen LogP contribution in [0, 0.1) is 23.7 Å². The third kappa shape index (κ3) is 14.9. The van der Waals surface area contributed by atoms with E-state index in [9.17, 15) is 42.3 Å². The van der Waals surface area contributed by atoms with Gasteiger partial charge in [-0.15, -0.1) is 0 Å². The molecule has 11 nitrogen and oxygen atoms in total. The predicted molar refractivity (Wildman–Crippen MR) is 194 cm³/mol. The average Bonchev–Trinajstić information content (AvgIpc) is 3.40. The molecule has 1 heterocycles. The number of aliphatic hydroxyl groups excluding tert-OH is 1. The quantitative estimate of drug-likeness (QED) is 0.0931. The summed E-state index contributed by atoms with van der Waals surface area (Å²) in [6.45, 7) is 9.15. The van der Waals surface area contributed by atoms with Crippen LogP contribution in [0.2, 0.25) is 0 Å². The van der Waals surface area contributed by atoms with Crippen LogP contribution in [0.15, 0.2) is 36.4 Å². The molecule has 0 bridgehead atoms. The number of aliphatic hydroxyl groups is 1. The first-order chi connectivity index (χ1) is 24.9. The number of carbonyl (C=O) groups is 5. The number of amides is 4. The van der Waals surface area contributed by atoms with Crippen molar-refractivity contribution in [3.63, 3.8) is 0 Å². The summed E-state index contributed by atoms with van der Waals surface area (Å²) >= 11 is 0. The fourth-order valence-electron chi connectivity index (χ4n) is 6.87. The van der Waals surface area contributed by atoms with Gasteiger partial charge in [-0.05, 0) is 88.3 Å². The van der Waals surface area contributed by atoms with Crippen molar-refractivity contribution in [2.24, 2.45) is 23.7 Å². The van der Waals surface area contributed by atoms with Crippen LogP contribution < -0.4 is 16.0 Å². The summed E-state index contributed by atoms with van der Waals surface area (Å²) in [5.74, 6) is -2.70. The second kappa shape index (κ2) is 20.1. The van der Waals surface area contributed by atoms with Crippen LogP contribution in [-0.4, -0.2) is 76.6 Å². The lowest BCUT2D eigenvalue weighted by Gasteiger charge is -2.32. The van der Waals surface area contributed by atoms with E-state index < -0.39 is 65.3 Å². The summed E-state index contributed by atoms with van der Waals surface area (Å²) < 4.78 is 48.2. The standard InChI is InChI=1S/C39H57F3N4O7/c1-25(2)35(45-32(39(40,41)42)9-7-6-8-20-46-33(49)18-19-34(46)50)31(48)22-29(36(51)44-30-16-14-28(24-47)15-17-30)21-26-10-12-27(13-11-26)23-43-37(52)53-38(3,4)5/h14-19,25-27,29,32,35,45,47H,6-13,20-24H2,1-5H3,(H,43,52)(H,44,51)/t26?,27?,29-,32-,35+/m1/s1. The second-order valence-corrected chi connectivity index (χ2v) is 15.7. The Morgan fingerprint density at radius 2 is 1.53 bits per heavy atom. The molecule has 4 amide bonds. The lowest BCUT2D eigenvalue weighted by Crippen LogP contribution is -2.53. The largest absolute Gasteiger partial charge is 0.444 e. The maximum atomic E-state index is 14.3. The van der Waals surface area contributed by atoms with Crippen molar-refractivity contribution >= 4 is 35.3 Å². The molecule has 1 aliphatic heterocycles. The van der Waals surface area contributed by atoms with Gasteiger partial charge in [0.1, 0.15) is 11.6 Å². The number of nitrogens with zero attached hydrogens (tertiary/aromatic N) is 1. The smallest absolute Gasteiger partial charge is 0.407 e. The molecule has 1 aliphatic carbocycles. The molecule has 0 radical (unpaired) electrons. The van der Waals surface area contributed by atoms with Gasteiger partial charge in [-0.1, -0.05) is 51.7 Å². The van der Waals surface area contributed by atoms with Crippen LogP contribution in [0.5, 0.6) is 0 Å². The highest BCUT2D eigenvalue weighted by atomic mass is 19.4. The van der Waals surface area contributed by atoms with Crippen LogP contribution in [0.25, 0.3) is 0 Å². The lowest BCUT2D eigenvalue weighted by molar-refractivity contribution is -0.161. The minimum Gasteiger partial charge on any atom is -0.444 e. The molecule has 1 aromatic rings. The number of anilines is 1. The van der Waals surface area contributed by atoms with Gasteiger partial charge in [-0.3, -0.25) is 29.4 Å². The lowest BCUT2D eigenvalue weighted by atomic mass is 9.76. The highest BCUT2D eigenvalue weighted by Gasteiger charge is 2.42. The fraction of sp³-hybridized carbons (Fsp3) is 0.667. The average molecular weight is 751 g/mol. The van der Waals surface area contributed by atoms with Crippen LogP contribution in [0.1, 0.15) is 104 Å². The monoisotopic (exact) mass is 750 g/mol. The van der Waals surface area contributed by atoms with Gasteiger partial charge in [-0.2, -0.15) is 13.2 Å². The molecule has 3 atom stereocenters. The molecule has 3 rings (SSSR count). The maximum absolute atomic E-state index is 14.3. The van der Waals surface area contributed by atoms with Gasteiger partial charge >= 0.3 is 12.3 Å². The van der Waals surface area contributed by atoms with Crippen LogP contribution in [0.4, 0.5) is 23.7 Å². The summed E-state index contributed by atoms with van der Waals surface area (Å²) in [5, 5.41) is 17.7. The van der Waals surface area contributed by atoms with E-state index in [0.717, 1.165) is 42.7 Å². The Bertz CT molecular complexity index is 1400. The van der Waals surface area contributed by atoms with E-state index in [4.69, 9.17) is 4.74 Å². The molecule has 1 fully saturated rings. The zero-order chi connectivity index (χ0) is 39.3. The van der Waals surface area contributed by atoms with Gasteiger partial charge in [0, 0.05) is 43.3 Å². The number of hydrogen-bond donors (Lipinski definition) is 4. The van der Waals surface area contributed by atoms with E-state index >= 15 is 0 Å². The van der Waals surface area contributed by atoms with Crippen LogP contribution in [0.3, 0.4) is 0 Å². The summed E-state index contributed by atoms with van der Waals surface area (Å²) in [7, 11) is 0. The Morgan fingerprint density at radius 3 is 2.08 bits per heavy atom. The van der Waals surface area contributed by atoms with Gasteiger partial charge in [0.15, 0.2) is 5.78 Å². The number of hydrogen-bond acceptors (Lipinski definition) is 8. The molecule has 0 spiro atoms. The van der Waals surface area contributed by atoms with E-state index in [-0.39, 0.29) is 44.2 Å². The molecule has 1 aromatic carbocycles. The summed E-state index contributed by atoms with van der Waals surface area (Å²) in [5.41, 5.74) is 0.532. The maximum Gasteiger partial charge on any atom is 0.407 e. The van der Waals surface area contributed by atoms with Crippen molar-refractivity contribution in [3.8, 4) is 0 Å². The van der Waals surface area contributed by atoms with Gasteiger partial charge in [0.05, 0.1) is 12.6 Å². The predicted octanol–water partition coefficient (Wildman–Crippen LogP) is 6.44. The number of nitrogens with one attached hydrogen (secondary N) is 3. The zero-order valence-corrected chi connectivity index (χ0v) is 31.6. The Balaban J connectivity index is 1.65. The summed E-state index contributed by atoms with van der Waals surface area (Å²) in [6, 6.07) is 3.52. The van der Waals surface area contributed by atoms with E-state index in [1.807, 2.05) is 0 Å². The molecule has 53 heavy (non-hydrogen) atoms. The Morgan fingerprint density at radius 1 is 0.925 bits per heavy atom. The molecular formula is C39H57F3N4O7. The van der Waals surface area contributed by atoms with Crippen LogP contribution >= 0.6 is 0 Å². The van der Waals surface area contributed by atoms with Crippen molar-refractivity contribution in [2.75, 3.05) is 18.4 Å². The number of rotatable bonds is 19. The topological polar surface area (TPSA) is 154 Å². The number of imide groups is 1. The van der Waals surface area contributed by atoms with Crippen molar-refractivity contribution in [3.05, 3.63) is 42.0 Å². The zero-order valence-electron chi connectivity index (χ0n) is 31.6. The Hall–Kier alpha value is -3.78. The first-order valence-corrected chi connectivity index (χ1v) is 18.7. The van der Waals surface area contributed by atoms with Gasteiger partial charge in [0.25, 0.3) is 11.8 Å². The second-order valence-electron chi connectivity index (χ2n) is 15.7. The number of unbranched alkanes of at least 4 members (excludes halogenated alkanes) is 2. The first kappa shape index (κ1) is 43.6. The Labute approximate surface area is 310 Å². The Kier molecular flexibility index (Phi) is 16.5. The van der Waals surface area contributed by atoms with E-state index in [0.29, 0.717) is 37.1 Å². The number of benzene rings is 1. The van der Waals surface area contributed by atoms with Crippen molar-refractivity contribution in [1.82, 2.24) is 15.5 Å². The molecule has 2 aliphatic rings. The van der Waals surface area contributed by atoms with E-state index in [2.05, 4.69) is 16.0 Å². The molecule has 0 unspecified atom stereocenters. The molecule has 0 saturated heterocycles. The van der Waals surface area contributed by atoms with Gasteiger partial charge < -0.3 is 20.5 Å². The minimum absolute atomic E-state index is 0.100. The van der Waals surface area contributed by atoms with Crippen LogP contribution in [-0.2, 0) is 30.5 Å². The molecular weight excluding hydrogens is 693 g/mol. The van der Waals surface area contributed by atoms with Crippen molar-refractivity contribution in [1.29, 1.82) is 0 Å². The molecule has 4 N–H and O–H groups in total. The van der Waals surface area contributed by atoms with Gasteiger partial charge in [0.2, 0.25) is 5.91 Å². The normalized spacial score (nSPS) is 19.6. The van der Waals surface area contributed by atoms with E-state index in [1.165, 1.54) is 0 Å². The van der Waals surface area contributed by atoms with Gasteiger partial charge in [-0.25, -0.2) is 4.79 Å². The summed E-state index contributed by atoms with van der Waals surface area (Å²) in [6.07, 6.45) is 1.07. The molecule has 296 valence electrons. The highest BCUT2D eigenvalue weighted by Crippen LogP contribution is 2.35.